The smallest absolute Gasteiger partial charge is 0.164 e. The van der Waals surface area contributed by atoms with Gasteiger partial charge in [0.1, 0.15) is 24.3 Å². The molecule has 8 aromatic rings. The fourth-order valence-corrected chi connectivity index (χ4v) is 7.70. The quantitative estimate of drug-likeness (QED) is 0.137. The maximum absolute atomic E-state index is 4.62. The van der Waals surface area contributed by atoms with Crippen molar-refractivity contribution in [2.75, 3.05) is 29.6 Å². The second kappa shape index (κ2) is 16.1. The third-order valence-corrected chi connectivity index (χ3v) is 11.1. The number of nitrogens with zero attached hydrogens (tertiary/aromatic N) is 7. The Morgan fingerprint density at radius 1 is 0.518 bits per heavy atom. The highest BCUT2D eigenvalue weighted by molar-refractivity contribution is 7.99. The summed E-state index contributed by atoms with van der Waals surface area (Å²) in [5.41, 5.74) is 8.91. The van der Waals surface area contributed by atoms with Crippen molar-refractivity contribution in [2.45, 2.75) is 40.4 Å². The van der Waals surface area contributed by atoms with Gasteiger partial charge in [0.25, 0.3) is 0 Å². The van der Waals surface area contributed by atoms with Crippen molar-refractivity contribution in [3.8, 4) is 11.8 Å². The van der Waals surface area contributed by atoms with Gasteiger partial charge in [0.05, 0.1) is 22.1 Å². The predicted octanol–water partition coefficient (Wildman–Crippen LogP) is 10.5. The average Bonchev–Trinajstić information content (AvgIpc) is 3.19. The van der Waals surface area contributed by atoms with Gasteiger partial charge in [-0.15, -0.1) is 0 Å². The lowest BCUT2D eigenvalue weighted by atomic mass is 10.1. The van der Waals surface area contributed by atoms with Crippen LogP contribution in [0.5, 0.6) is 0 Å². The van der Waals surface area contributed by atoms with Crippen LogP contribution in [0.4, 0.5) is 28.7 Å². The standard InChI is InChI=1S/C45H37N9S2/c1-28-6-16-34(17-7-28)55-40-22-12-31(24-38(40)52-44-36-20-8-29(2)50-42(36)46-26-48-44)10-11-32-13-23-41(56-35-18-14-33(15-19-35)54(4)5)39(25-32)53-45-37-21-9-30(3)51-43(37)47-27-49-45/h6-9,12-27H,1-5H3,(H,46,48,50,52)(H,47,49,51,53). The zero-order valence-corrected chi connectivity index (χ0v) is 33.1. The van der Waals surface area contributed by atoms with E-state index >= 15 is 0 Å². The van der Waals surface area contributed by atoms with E-state index in [1.165, 1.54) is 5.56 Å². The highest BCUT2D eigenvalue weighted by Gasteiger charge is 2.13. The summed E-state index contributed by atoms with van der Waals surface area (Å²) < 4.78 is 0. The fourth-order valence-electron chi connectivity index (χ4n) is 5.93. The molecule has 0 saturated carbocycles. The number of aryl methyl sites for hydroxylation is 3. The Kier molecular flexibility index (Phi) is 10.5. The van der Waals surface area contributed by atoms with Crippen molar-refractivity contribution < 1.29 is 0 Å². The number of rotatable bonds is 9. The van der Waals surface area contributed by atoms with Crippen molar-refractivity contribution in [1.82, 2.24) is 29.9 Å². The molecule has 0 fully saturated rings. The van der Waals surface area contributed by atoms with E-state index in [1.54, 1.807) is 36.2 Å². The van der Waals surface area contributed by atoms with E-state index in [9.17, 15) is 0 Å². The molecule has 0 spiro atoms. The summed E-state index contributed by atoms with van der Waals surface area (Å²) in [5.74, 6) is 8.21. The number of nitrogens with one attached hydrogen (secondary N) is 2. The summed E-state index contributed by atoms with van der Waals surface area (Å²) in [5, 5.41) is 8.86. The topological polar surface area (TPSA) is 105 Å². The van der Waals surface area contributed by atoms with Gasteiger partial charge < -0.3 is 15.5 Å². The van der Waals surface area contributed by atoms with Crippen LogP contribution in [0.15, 0.2) is 141 Å². The van der Waals surface area contributed by atoms with E-state index in [1.807, 2.05) is 52.2 Å². The van der Waals surface area contributed by atoms with Crippen LogP contribution in [-0.2, 0) is 0 Å². The first kappa shape index (κ1) is 36.5. The summed E-state index contributed by atoms with van der Waals surface area (Å²) in [6.07, 6.45) is 3.09. The first-order chi connectivity index (χ1) is 27.2. The van der Waals surface area contributed by atoms with Crippen molar-refractivity contribution >= 4 is 74.3 Å². The van der Waals surface area contributed by atoms with Crippen LogP contribution >= 0.6 is 23.5 Å². The minimum atomic E-state index is 0.640. The number of aromatic nitrogens is 6. The van der Waals surface area contributed by atoms with Crippen LogP contribution < -0.4 is 15.5 Å². The zero-order valence-electron chi connectivity index (χ0n) is 31.5. The molecule has 0 aliphatic rings. The molecule has 11 heteroatoms. The summed E-state index contributed by atoms with van der Waals surface area (Å²) >= 11 is 3.36. The number of hydrogen-bond donors (Lipinski definition) is 2. The second-order valence-electron chi connectivity index (χ2n) is 13.4. The zero-order chi connectivity index (χ0) is 38.6. The number of hydrogen-bond acceptors (Lipinski definition) is 11. The maximum atomic E-state index is 4.62. The van der Waals surface area contributed by atoms with Crippen LogP contribution in [0, 0.1) is 32.6 Å². The van der Waals surface area contributed by atoms with Crippen LogP contribution in [0.3, 0.4) is 0 Å². The van der Waals surface area contributed by atoms with Crippen LogP contribution in [0.2, 0.25) is 0 Å². The third-order valence-electron chi connectivity index (χ3n) is 8.92. The van der Waals surface area contributed by atoms with E-state index in [0.29, 0.717) is 22.9 Å². The molecule has 0 radical (unpaired) electrons. The predicted molar refractivity (Wildman–Crippen MR) is 230 cm³/mol. The normalized spacial score (nSPS) is 10.9. The third kappa shape index (κ3) is 8.42. The molecular formula is C45H37N9S2. The van der Waals surface area contributed by atoms with Crippen LogP contribution in [-0.4, -0.2) is 44.0 Å². The molecule has 4 heterocycles. The molecule has 0 atom stereocenters. The Hall–Kier alpha value is -6.48. The SMILES string of the molecule is Cc1ccc(Sc2ccc(C#Cc3ccc(Sc4ccc(N(C)C)cc4)c(Nc4ncnc5nc(C)ccc45)c3)cc2Nc2ncnc3nc(C)ccc23)cc1. The summed E-state index contributed by atoms with van der Waals surface area (Å²) in [4.78, 5) is 33.7. The highest BCUT2D eigenvalue weighted by atomic mass is 32.2. The molecule has 2 N–H and O–H groups in total. The second-order valence-corrected chi connectivity index (χ2v) is 15.7. The van der Waals surface area contributed by atoms with Gasteiger partial charge in [-0.1, -0.05) is 53.1 Å². The van der Waals surface area contributed by atoms with Gasteiger partial charge in [-0.05, 0) is 118 Å². The Morgan fingerprint density at radius 2 is 0.982 bits per heavy atom. The lowest BCUT2D eigenvalue weighted by molar-refractivity contribution is 1.13. The summed E-state index contributed by atoms with van der Waals surface area (Å²) in [6.45, 7) is 6.01. The van der Waals surface area contributed by atoms with Crippen molar-refractivity contribution in [2.24, 2.45) is 0 Å². The number of pyridine rings is 2. The monoisotopic (exact) mass is 767 g/mol. The Bertz CT molecular complexity index is 2780. The molecule has 0 saturated heterocycles. The first-order valence-electron chi connectivity index (χ1n) is 17.9. The van der Waals surface area contributed by atoms with Gasteiger partial charge in [-0.3, -0.25) is 0 Å². The largest absolute Gasteiger partial charge is 0.378 e. The average molecular weight is 768 g/mol. The number of benzene rings is 4. The minimum absolute atomic E-state index is 0.640. The van der Waals surface area contributed by atoms with Gasteiger partial charge in [0.15, 0.2) is 11.3 Å². The lowest BCUT2D eigenvalue weighted by Crippen LogP contribution is -2.07. The fraction of sp³-hybridized carbons (Fsp3) is 0.111. The minimum Gasteiger partial charge on any atom is -0.378 e. The molecule has 274 valence electrons. The van der Waals surface area contributed by atoms with Crippen LogP contribution in [0.1, 0.15) is 28.1 Å². The molecule has 56 heavy (non-hydrogen) atoms. The van der Waals surface area contributed by atoms with E-state index in [-0.39, 0.29) is 0 Å². The number of anilines is 5. The molecule has 0 aliphatic heterocycles. The van der Waals surface area contributed by atoms with Crippen LogP contribution in [0.25, 0.3) is 22.1 Å². The molecule has 0 bridgehead atoms. The molecule has 0 aliphatic carbocycles. The van der Waals surface area contributed by atoms with Crippen molar-refractivity contribution in [1.29, 1.82) is 0 Å². The molecule has 4 aromatic carbocycles. The maximum Gasteiger partial charge on any atom is 0.164 e. The molecule has 8 rings (SSSR count). The van der Waals surface area contributed by atoms with Gasteiger partial charge in [-0.2, -0.15) is 0 Å². The number of fused-ring (bicyclic) bond motifs is 2. The van der Waals surface area contributed by atoms with Gasteiger partial charge >= 0.3 is 0 Å². The van der Waals surface area contributed by atoms with Gasteiger partial charge in [-0.25, -0.2) is 29.9 Å². The van der Waals surface area contributed by atoms with E-state index in [4.69, 9.17) is 0 Å². The molecule has 9 nitrogen and oxygen atoms in total. The first-order valence-corrected chi connectivity index (χ1v) is 19.6. The Balaban J connectivity index is 1.15. The molecule has 4 aromatic heterocycles. The van der Waals surface area contributed by atoms with E-state index < -0.39 is 0 Å². The van der Waals surface area contributed by atoms with Gasteiger partial charge in [0, 0.05) is 61.9 Å². The van der Waals surface area contributed by atoms with Gasteiger partial charge in [0.2, 0.25) is 0 Å². The summed E-state index contributed by atoms with van der Waals surface area (Å²) in [6, 6.07) is 37.5. The Morgan fingerprint density at radius 3 is 1.45 bits per heavy atom. The van der Waals surface area contributed by atoms with Crippen molar-refractivity contribution in [3.05, 3.63) is 150 Å². The highest BCUT2D eigenvalue weighted by Crippen LogP contribution is 2.38. The molecule has 0 unspecified atom stereocenters. The van der Waals surface area contributed by atoms with E-state index in [0.717, 1.165) is 69.9 Å². The van der Waals surface area contributed by atoms with Crippen molar-refractivity contribution in [3.63, 3.8) is 0 Å². The Labute approximate surface area is 334 Å². The lowest BCUT2D eigenvalue weighted by Gasteiger charge is -2.15. The molecular weight excluding hydrogens is 731 g/mol. The summed E-state index contributed by atoms with van der Waals surface area (Å²) in [7, 11) is 4.08. The molecule has 0 amide bonds. The van der Waals surface area contributed by atoms with E-state index in [2.05, 4.69) is 149 Å².